The number of methoxy groups -OCH3 is 1. The van der Waals surface area contributed by atoms with E-state index in [1.165, 1.54) is 0 Å². The summed E-state index contributed by atoms with van der Waals surface area (Å²) in [5.74, 6) is 2.29. The molecule has 23 heavy (non-hydrogen) atoms. The molecule has 0 fully saturated rings. The highest BCUT2D eigenvalue weighted by atomic mass is 16.5. The van der Waals surface area contributed by atoms with Crippen molar-refractivity contribution in [2.24, 2.45) is 12.0 Å². The van der Waals surface area contributed by atoms with E-state index in [2.05, 4.69) is 20.7 Å². The topological polar surface area (TPSA) is 72.7 Å². The zero-order valence-corrected chi connectivity index (χ0v) is 13.7. The van der Waals surface area contributed by atoms with Gasteiger partial charge in [0.15, 0.2) is 5.96 Å². The molecule has 0 saturated carbocycles. The average Bonchev–Trinajstić information content (AvgIpc) is 2.99. The fraction of sp³-hybridized carbons (Fsp3) is 0.375. The molecule has 7 nitrogen and oxygen atoms in total. The van der Waals surface area contributed by atoms with Gasteiger partial charge in [-0.1, -0.05) is 6.07 Å². The molecule has 124 valence electrons. The van der Waals surface area contributed by atoms with Crippen molar-refractivity contribution in [1.29, 1.82) is 0 Å². The molecular formula is C16H23N5O2. The number of ether oxygens (including phenoxy) is 2. The van der Waals surface area contributed by atoms with Crippen molar-refractivity contribution in [2.45, 2.75) is 6.54 Å². The Kier molecular flexibility index (Phi) is 6.28. The molecule has 2 N–H and O–H groups in total. The number of rotatable bonds is 7. The molecule has 0 aliphatic carbocycles. The molecule has 0 amide bonds. The first kappa shape index (κ1) is 16.7. The lowest BCUT2D eigenvalue weighted by molar-refractivity contribution is 0.319. The van der Waals surface area contributed by atoms with Crippen molar-refractivity contribution in [1.82, 2.24) is 20.4 Å². The van der Waals surface area contributed by atoms with Crippen LogP contribution in [0.1, 0.15) is 5.69 Å². The first-order valence-corrected chi connectivity index (χ1v) is 7.41. The van der Waals surface area contributed by atoms with Gasteiger partial charge in [0.05, 0.1) is 25.9 Å². The predicted molar refractivity (Wildman–Crippen MR) is 89.9 cm³/mol. The van der Waals surface area contributed by atoms with E-state index in [-0.39, 0.29) is 0 Å². The number of hydrogen-bond donors (Lipinski definition) is 2. The van der Waals surface area contributed by atoms with E-state index in [1.54, 1.807) is 20.4 Å². The summed E-state index contributed by atoms with van der Waals surface area (Å²) in [4.78, 5) is 4.18. The Morgan fingerprint density at radius 3 is 2.78 bits per heavy atom. The van der Waals surface area contributed by atoms with Crippen LogP contribution in [0.4, 0.5) is 0 Å². The number of benzene rings is 1. The third kappa shape index (κ3) is 5.21. The largest absolute Gasteiger partial charge is 0.497 e. The third-order valence-corrected chi connectivity index (χ3v) is 3.29. The molecule has 0 radical (unpaired) electrons. The summed E-state index contributed by atoms with van der Waals surface area (Å²) in [6, 6.07) is 9.50. The second-order valence-electron chi connectivity index (χ2n) is 4.83. The Balaban J connectivity index is 1.70. The van der Waals surface area contributed by atoms with E-state index in [0.29, 0.717) is 19.7 Å². The summed E-state index contributed by atoms with van der Waals surface area (Å²) in [6.45, 7) is 1.83. The first-order chi connectivity index (χ1) is 11.2. The van der Waals surface area contributed by atoms with E-state index in [9.17, 15) is 0 Å². The fourth-order valence-corrected chi connectivity index (χ4v) is 2.00. The van der Waals surface area contributed by atoms with Gasteiger partial charge in [-0.05, 0) is 18.2 Å². The summed E-state index contributed by atoms with van der Waals surface area (Å²) in [5.41, 5.74) is 1.08. The molecule has 0 unspecified atom stereocenters. The maximum atomic E-state index is 5.67. The zero-order valence-electron chi connectivity index (χ0n) is 13.7. The van der Waals surface area contributed by atoms with Gasteiger partial charge < -0.3 is 20.1 Å². The average molecular weight is 317 g/mol. The number of nitrogens with one attached hydrogen (secondary N) is 2. The maximum absolute atomic E-state index is 5.67. The lowest BCUT2D eigenvalue weighted by Crippen LogP contribution is -2.39. The molecule has 0 saturated heterocycles. The van der Waals surface area contributed by atoms with Crippen molar-refractivity contribution >= 4 is 5.96 Å². The van der Waals surface area contributed by atoms with Gasteiger partial charge in [0, 0.05) is 26.4 Å². The molecule has 0 spiro atoms. The van der Waals surface area contributed by atoms with Gasteiger partial charge >= 0.3 is 0 Å². The molecule has 2 rings (SSSR count). The summed E-state index contributed by atoms with van der Waals surface area (Å²) >= 11 is 0. The normalized spacial score (nSPS) is 11.2. The summed E-state index contributed by atoms with van der Waals surface area (Å²) in [5, 5.41) is 10.6. The Labute approximate surface area is 136 Å². The van der Waals surface area contributed by atoms with Crippen LogP contribution < -0.4 is 20.1 Å². The first-order valence-electron chi connectivity index (χ1n) is 7.41. The fourth-order valence-electron chi connectivity index (χ4n) is 2.00. The monoisotopic (exact) mass is 317 g/mol. The van der Waals surface area contributed by atoms with Crippen LogP contribution in [0.5, 0.6) is 11.5 Å². The molecule has 2 aromatic rings. The van der Waals surface area contributed by atoms with Crippen LogP contribution in [0.15, 0.2) is 41.5 Å². The Morgan fingerprint density at radius 1 is 1.26 bits per heavy atom. The van der Waals surface area contributed by atoms with Gasteiger partial charge in [0.1, 0.15) is 18.1 Å². The Morgan fingerprint density at radius 2 is 2.09 bits per heavy atom. The number of guanidine groups is 1. The lowest BCUT2D eigenvalue weighted by Gasteiger charge is -2.13. The van der Waals surface area contributed by atoms with Gasteiger partial charge in [-0.2, -0.15) is 5.10 Å². The summed E-state index contributed by atoms with van der Waals surface area (Å²) < 4.78 is 12.7. The van der Waals surface area contributed by atoms with Crippen LogP contribution in [-0.2, 0) is 13.6 Å². The van der Waals surface area contributed by atoms with E-state index in [0.717, 1.165) is 23.2 Å². The minimum absolute atomic E-state index is 0.527. The number of aliphatic imine (C=N–C) groups is 1. The molecule has 0 bridgehead atoms. The van der Waals surface area contributed by atoms with E-state index in [4.69, 9.17) is 9.47 Å². The molecular weight excluding hydrogens is 294 g/mol. The second-order valence-corrected chi connectivity index (χ2v) is 4.83. The molecule has 7 heteroatoms. The van der Waals surface area contributed by atoms with Crippen LogP contribution in [-0.4, -0.2) is 43.0 Å². The maximum Gasteiger partial charge on any atom is 0.191 e. The molecule has 1 aromatic carbocycles. The van der Waals surface area contributed by atoms with Crippen molar-refractivity contribution in [2.75, 3.05) is 27.3 Å². The van der Waals surface area contributed by atoms with Crippen molar-refractivity contribution in [3.05, 3.63) is 42.2 Å². The van der Waals surface area contributed by atoms with Gasteiger partial charge in [0.25, 0.3) is 0 Å². The van der Waals surface area contributed by atoms with E-state index >= 15 is 0 Å². The minimum Gasteiger partial charge on any atom is -0.497 e. The number of aryl methyl sites for hydroxylation is 1. The van der Waals surface area contributed by atoms with Crippen LogP contribution in [0, 0.1) is 0 Å². The summed E-state index contributed by atoms with van der Waals surface area (Å²) in [7, 11) is 5.29. The number of nitrogens with zero attached hydrogens (tertiary/aromatic N) is 3. The van der Waals surface area contributed by atoms with Crippen molar-refractivity contribution < 1.29 is 9.47 Å². The molecule has 0 aliphatic heterocycles. The van der Waals surface area contributed by atoms with E-state index in [1.807, 2.05) is 42.1 Å². The zero-order chi connectivity index (χ0) is 16.5. The lowest BCUT2D eigenvalue weighted by atomic mass is 10.3. The van der Waals surface area contributed by atoms with Crippen LogP contribution in [0.2, 0.25) is 0 Å². The van der Waals surface area contributed by atoms with Gasteiger partial charge in [-0.25, -0.2) is 0 Å². The van der Waals surface area contributed by atoms with Crippen molar-refractivity contribution in [3.63, 3.8) is 0 Å². The molecule has 0 aliphatic rings. The SMILES string of the molecule is CN=C(NCCOc1cccc(OC)c1)NCc1ccnn1C. The Hall–Kier alpha value is -2.70. The smallest absolute Gasteiger partial charge is 0.191 e. The van der Waals surface area contributed by atoms with Crippen LogP contribution in [0.25, 0.3) is 0 Å². The highest BCUT2D eigenvalue weighted by Crippen LogP contribution is 2.18. The highest BCUT2D eigenvalue weighted by Gasteiger charge is 2.01. The number of aromatic nitrogens is 2. The van der Waals surface area contributed by atoms with Crippen molar-refractivity contribution in [3.8, 4) is 11.5 Å². The van der Waals surface area contributed by atoms with Gasteiger partial charge in [-0.15, -0.1) is 0 Å². The summed E-state index contributed by atoms with van der Waals surface area (Å²) in [6.07, 6.45) is 1.77. The minimum atomic E-state index is 0.527. The molecule has 1 heterocycles. The number of hydrogen-bond acceptors (Lipinski definition) is 4. The predicted octanol–water partition coefficient (Wildman–Crippen LogP) is 1.17. The molecule has 1 aromatic heterocycles. The third-order valence-electron chi connectivity index (χ3n) is 3.29. The second kappa shape index (κ2) is 8.67. The molecule has 0 atom stereocenters. The van der Waals surface area contributed by atoms with E-state index < -0.39 is 0 Å². The quantitative estimate of drug-likeness (QED) is 0.456. The standard InChI is InChI=1S/C16H23N5O2/c1-17-16(19-12-13-7-8-20-21(13)2)18-9-10-23-15-6-4-5-14(11-15)22-3/h4-8,11H,9-10,12H2,1-3H3,(H2,17,18,19). The van der Waals surface area contributed by atoms with Gasteiger partial charge in [-0.3, -0.25) is 9.67 Å². The van der Waals surface area contributed by atoms with Crippen LogP contribution in [0.3, 0.4) is 0 Å². The highest BCUT2D eigenvalue weighted by molar-refractivity contribution is 5.79. The van der Waals surface area contributed by atoms with Crippen LogP contribution >= 0.6 is 0 Å². The van der Waals surface area contributed by atoms with Gasteiger partial charge in [0.2, 0.25) is 0 Å². The Bertz CT molecular complexity index is 639.